The van der Waals surface area contributed by atoms with Gasteiger partial charge in [-0.2, -0.15) is 0 Å². The molecule has 3 rings (SSSR count). The lowest BCUT2D eigenvalue weighted by molar-refractivity contribution is -0.384. The highest BCUT2D eigenvalue weighted by atomic mass is 35.5. The Morgan fingerprint density at radius 1 is 1.02 bits per heavy atom. The maximum Gasteiger partial charge on any atom is 0.271 e. The highest BCUT2D eigenvalue weighted by molar-refractivity contribution is 7.92. The number of rotatable bonds is 14. The molecule has 0 bridgehead atoms. The lowest BCUT2D eigenvalue weighted by Crippen LogP contribution is -2.53. The summed E-state index contributed by atoms with van der Waals surface area (Å²) < 4.78 is 26.8. The van der Waals surface area contributed by atoms with Crippen LogP contribution in [0.15, 0.2) is 72.8 Å². The molecule has 10 nitrogen and oxygen atoms in total. The van der Waals surface area contributed by atoms with Gasteiger partial charge in [0.15, 0.2) is 0 Å². The van der Waals surface area contributed by atoms with Gasteiger partial charge in [0.05, 0.1) is 16.9 Å². The van der Waals surface area contributed by atoms with Gasteiger partial charge in [-0.3, -0.25) is 24.0 Å². The van der Waals surface area contributed by atoms with Crippen molar-refractivity contribution < 1.29 is 22.9 Å². The lowest BCUT2D eigenvalue weighted by Gasteiger charge is -2.33. The van der Waals surface area contributed by atoms with Gasteiger partial charge in [-0.05, 0) is 42.2 Å². The van der Waals surface area contributed by atoms with E-state index in [4.69, 9.17) is 11.6 Å². The van der Waals surface area contributed by atoms with E-state index in [1.54, 1.807) is 31.2 Å². The second-order valence-electron chi connectivity index (χ2n) is 10.00. The number of aryl methyl sites for hydroxylation is 1. The number of unbranched alkanes of at least 4 members (excludes halogenated alkanes) is 1. The molecule has 3 aromatic rings. The van der Waals surface area contributed by atoms with Crippen LogP contribution in [0.3, 0.4) is 0 Å². The van der Waals surface area contributed by atoms with E-state index in [9.17, 15) is 28.1 Å². The molecule has 0 aromatic heterocycles. The van der Waals surface area contributed by atoms with Crippen molar-refractivity contribution in [2.24, 2.45) is 0 Å². The van der Waals surface area contributed by atoms with Crippen LogP contribution in [0.1, 0.15) is 36.5 Å². The molecule has 0 aliphatic rings. The van der Waals surface area contributed by atoms with Crippen molar-refractivity contribution in [1.29, 1.82) is 0 Å². The number of carbonyl (C=O) groups excluding carboxylic acids is 2. The monoisotopic (exact) mass is 614 g/mol. The largest absolute Gasteiger partial charge is 0.354 e. The first-order valence-electron chi connectivity index (χ1n) is 13.5. The van der Waals surface area contributed by atoms with Crippen LogP contribution in [0.25, 0.3) is 0 Å². The Hall–Kier alpha value is -3.96. The molecule has 3 aromatic carbocycles. The normalized spacial score (nSPS) is 11.9. The molecule has 12 heteroatoms. The molecular weight excluding hydrogens is 580 g/mol. The highest BCUT2D eigenvalue weighted by Gasteiger charge is 2.33. The Kier molecular flexibility index (Phi) is 11.5. The number of nitro groups is 1. The molecule has 224 valence electrons. The van der Waals surface area contributed by atoms with Gasteiger partial charge in [0, 0.05) is 36.7 Å². The van der Waals surface area contributed by atoms with E-state index in [0.717, 1.165) is 35.0 Å². The second-order valence-corrected chi connectivity index (χ2v) is 12.3. The Morgan fingerprint density at radius 3 is 2.29 bits per heavy atom. The van der Waals surface area contributed by atoms with Crippen molar-refractivity contribution in [3.8, 4) is 0 Å². The summed E-state index contributed by atoms with van der Waals surface area (Å²) >= 11 is 6.07. The minimum absolute atomic E-state index is 0.000220. The molecule has 1 atom stereocenters. The van der Waals surface area contributed by atoms with Crippen molar-refractivity contribution in [2.75, 3.05) is 23.7 Å². The molecule has 1 N–H and O–H groups in total. The standard InChI is InChI=1S/C30H35ClN4O6S/c1-4-5-17-32-30(37)28(18-23-9-7-6-8-10-23)33(20-24-12-14-25(31)15-13-24)29(36)21-34(42(3,40)41)27-19-26(35(38)39)16-11-22(27)2/h6-16,19,28H,4-5,17-18,20-21H2,1-3H3,(H,32,37)/t28-/m0/s1. The average molecular weight is 615 g/mol. The maximum absolute atomic E-state index is 14.1. The molecular formula is C30H35ClN4O6S. The predicted molar refractivity (Wildman–Crippen MR) is 164 cm³/mol. The molecule has 0 spiro atoms. The van der Waals surface area contributed by atoms with Crippen molar-refractivity contribution in [2.45, 2.75) is 45.7 Å². The van der Waals surface area contributed by atoms with Crippen LogP contribution >= 0.6 is 11.6 Å². The van der Waals surface area contributed by atoms with Gasteiger partial charge in [-0.25, -0.2) is 8.42 Å². The van der Waals surface area contributed by atoms with Crippen molar-refractivity contribution >= 4 is 44.8 Å². The molecule has 0 fully saturated rings. The van der Waals surface area contributed by atoms with Crippen LogP contribution in [0.2, 0.25) is 5.02 Å². The first-order valence-corrected chi connectivity index (χ1v) is 15.7. The van der Waals surface area contributed by atoms with Crippen LogP contribution in [0, 0.1) is 17.0 Å². The molecule has 0 heterocycles. The number of hydrogen-bond acceptors (Lipinski definition) is 6. The summed E-state index contributed by atoms with van der Waals surface area (Å²) in [7, 11) is -4.07. The number of halogens is 1. The Labute approximate surface area is 251 Å². The minimum atomic E-state index is -4.07. The fraction of sp³-hybridized carbons (Fsp3) is 0.333. The van der Waals surface area contributed by atoms with Crippen molar-refractivity contribution in [1.82, 2.24) is 10.2 Å². The summed E-state index contributed by atoms with van der Waals surface area (Å²) in [5.41, 5.74) is 1.63. The van der Waals surface area contributed by atoms with E-state index >= 15 is 0 Å². The van der Waals surface area contributed by atoms with Crippen molar-refractivity contribution in [3.05, 3.63) is 105 Å². The molecule has 0 aliphatic carbocycles. The lowest BCUT2D eigenvalue weighted by atomic mass is 10.0. The first kappa shape index (κ1) is 32.6. The minimum Gasteiger partial charge on any atom is -0.354 e. The number of anilines is 1. The van der Waals surface area contributed by atoms with Gasteiger partial charge in [0.25, 0.3) is 5.69 Å². The Bertz CT molecular complexity index is 1500. The van der Waals surface area contributed by atoms with Gasteiger partial charge in [-0.15, -0.1) is 0 Å². The number of carbonyl (C=O) groups is 2. The summed E-state index contributed by atoms with van der Waals surface area (Å²) in [4.78, 5) is 39.9. The molecule has 0 aliphatic heterocycles. The first-order chi connectivity index (χ1) is 19.9. The number of nitro benzene ring substituents is 1. The molecule has 0 unspecified atom stereocenters. The number of non-ortho nitro benzene ring substituents is 1. The van der Waals surface area contributed by atoms with E-state index in [1.807, 2.05) is 37.3 Å². The van der Waals surface area contributed by atoms with E-state index in [2.05, 4.69) is 5.32 Å². The van der Waals surface area contributed by atoms with E-state index in [-0.39, 0.29) is 30.2 Å². The zero-order valence-electron chi connectivity index (χ0n) is 23.8. The highest BCUT2D eigenvalue weighted by Crippen LogP contribution is 2.28. The molecule has 0 saturated heterocycles. The molecule has 0 saturated carbocycles. The third kappa shape index (κ3) is 9.02. The van der Waals surface area contributed by atoms with Gasteiger partial charge < -0.3 is 10.2 Å². The van der Waals surface area contributed by atoms with E-state index < -0.39 is 33.4 Å². The van der Waals surface area contributed by atoms with Crippen LogP contribution in [0.5, 0.6) is 0 Å². The number of nitrogens with one attached hydrogen (secondary N) is 1. The van der Waals surface area contributed by atoms with E-state index in [1.165, 1.54) is 17.0 Å². The number of nitrogens with zero attached hydrogens (tertiary/aromatic N) is 3. The van der Waals surface area contributed by atoms with Crippen LogP contribution in [-0.2, 0) is 32.6 Å². The van der Waals surface area contributed by atoms with Gasteiger partial charge >= 0.3 is 0 Å². The summed E-state index contributed by atoms with van der Waals surface area (Å²) in [6, 6.07) is 18.9. The number of amides is 2. The smallest absolute Gasteiger partial charge is 0.271 e. The van der Waals surface area contributed by atoms with Crippen LogP contribution in [0.4, 0.5) is 11.4 Å². The number of sulfonamides is 1. The summed E-state index contributed by atoms with van der Waals surface area (Å²) in [6.45, 7) is 3.36. The number of hydrogen-bond donors (Lipinski definition) is 1. The maximum atomic E-state index is 14.1. The fourth-order valence-electron chi connectivity index (χ4n) is 4.42. The number of benzene rings is 3. The fourth-order valence-corrected chi connectivity index (χ4v) is 5.45. The second kappa shape index (κ2) is 14.8. The molecule has 0 radical (unpaired) electrons. The van der Waals surface area contributed by atoms with Crippen molar-refractivity contribution in [3.63, 3.8) is 0 Å². The predicted octanol–water partition coefficient (Wildman–Crippen LogP) is 4.88. The van der Waals surface area contributed by atoms with Crippen LogP contribution in [-0.4, -0.2) is 55.4 Å². The zero-order chi connectivity index (χ0) is 30.9. The molecule has 2 amide bonds. The van der Waals surface area contributed by atoms with E-state index in [0.29, 0.717) is 22.7 Å². The topological polar surface area (TPSA) is 130 Å². The third-order valence-electron chi connectivity index (χ3n) is 6.72. The quantitative estimate of drug-likeness (QED) is 0.156. The van der Waals surface area contributed by atoms with Gasteiger partial charge in [-0.1, -0.05) is 73.5 Å². The summed E-state index contributed by atoms with van der Waals surface area (Å²) in [6.07, 6.45) is 2.74. The average Bonchev–Trinajstić information content (AvgIpc) is 2.95. The Balaban J connectivity index is 2.08. The van der Waals surface area contributed by atoms with Gasteiger partial charge in [0.2, 0.25) is 21.8 Å². The van der Waals surface area contributed by atoms with Crippen LogP contribution < -0.4 is 9.62 Å². The summed E-state index contributed by atoms with van der Waals surface area (Å²) in [5, 5.41) is 14.9. The summed E-state index contributed by atoms with van der Waals surface area (Å²) in [5.74, 6) is -1.01. The molecule has 42 heavy (non-hydrogen) atoms. The Morgan fingerprint density at radius 2 is 1.69 bits per heavy atom. The third-order valence-corrected chi connectivity index (χ3v) is 8.10. The SMILES string of the molecule is CCCCNC(=O)[C@H](Cc1ccccc1)N(Cc1ccc(Cl)cc1)C(=O)CN(c1cc([N+](=O)[O-])ccc1C)S(C)(=O)=O. The van der Waals surface area contributed by atoms with Gasteiger partial charge in [0.1, 0.15) is 12.6 Å². The zero-order valence-corrected chi connectivity index (χ0v) is 25.4.